The maximum Gasteiger partial charge on any atom is 0.125 e. The van der Waals surface area contributed by atoms with Gasteiger partial charge in [-0.15, -0.1) is 0 Å². The summed E-state index contributed by atoms with van der Waals surface area (Å²) in [5.41, 5.74) is 2.55. The van der Waals surface area contributed by atoms with Crippen LogP contribution in [0.2, 0.25) is 0 Å². The van der Waals surface area contributed by atoms with Crippen molar-refractivity contribution in [3.8, 4) is 0 Å². The van der Waals surface area contributed by atoms with Crippen molar-refractivity contribution in [1.29, 1.82) is 0 Å². The maximum absolute atomic E-state index is 14.3. The van der Waals surface area contributed by atoms with E-state index in [1.165, 1.54) is 5.57 Å². The number of aliphatic hydroxyl groups excluding tert-OH is 2. The summed E-state index contributed by atoms with van der Waals surface area (Å²) in [6.45, 7) is 6.43. The van der Waals surface area contributed by atoms with Gasteiger partial charge in [-0.3, -0.25) is 0 Å². The molecule has 2 N–H and O–H groups in total. The van der Waals surface area contributed by atoms with Crippen LogP contribution in [0.25, 0.3) is 0 Å². The lowest BCUT2D eigenvalue weighted by Crippen LogP contribution is -2.51. The van der Waals surface area contributed by atoms with Crippen molar-refractivity contribution in [2.45, 2.75) is 71.8 Å². The molecule has 3 saturated carbocycles. The van der Waals surface area contributed by atoms with E-state index in [0.29, 0.717) is 23.7 Å². The normalized spacial score (nSPS) is 51.3. The molecule has 6 unspecified atom stereocenters. The second-order valence-corrected chi connectivity index (χ2v) is 9.75. The predicted octanol–water partition coefficient (Wildman–Crippen LogP) is 4.77. The first-order valence-electron chi connectivity index (χ1n) is 10.2. The van der Waals surface area contributed by atoms with Crippen LogP contribution in [0.5, 0.6) is 0 Å². The minimum atomic E-state index is -0.442. The van der Waals surface area contributed by atoms with Crippen molar-refractivity contribution < 1.29 is 14.6 Å². The summed E-state index contributed by atoms with van der Waals surface area (Å²) in [5.74, 6) is 1.92. The third-order valence-electron chi connectivity index (χ3n) is 8.71. The fraction of sp³-hybridized carbons (Fsp3) is 0.818. The van der Waals surface area contributed by atoms with Crippen molar-refractivity contribution >= 4 is 0 Å². The first-order valence-corrected chi connectivity index (χ1v) is 10.2. The van der Waals surface area contributed by atoms with Gasteiger partial charge in [-0.1, -0.05) is 32.4 Å². The Morgan fingerprint density at radius 3 is 2.68 bits per heavy atom. The molecule has 0 saturated heterocycles. The fourth-order valence-electron chi connectivity index (χ4n) is 7.34. The molecule has 2 nitrogen and oxygen atoms in total. The minimum absolute atomic E-state index is 0.0600. The molecule has 7 atom stereocenters. The number of allylic oxidation sites excluding steroid dienone is 2. The van der Waals surface area contributed by atoms with Crippen LogP contribution in [-0.4, -0.2) is 22.9 Å². The van der Waals surface area contributed by atoms with E-state index in [9.17, 15) is 14.6 Å². The van der Waals surface area contributed by atoms with Gasteiger partial charge in [0.25, 0.3) is 0 Å². The molecule has 0 bridgehead atoms. The Morgan fingerprint density at radius 1 is 1.24 bits per heavy atom. The maximum atomic E-state index is 14.3. The van der Waals surface area contributed by atoms with Crippen LogP contribution in [0, 0.1) is 34.5 Å². The summed E-state index contributed by atoms with van der Waals surface area (Å²) < 4.78 is 14.3. The lowest BCUT2D eigenvalue weighted by atomic mass is 9.47. The molecule has 0 aromatic rings. The Morgan fingerprint density at radius 2 is 1.96 bits per heavy atom. The van der Waals surface area contributed by atoms with Crippen molar-refractivity contribution in [2.75, 3.05) is 6.61 Å². The Hall–Kier alpha value is -0.670. The van der Waals surface area contributed by atoms with Crippen molar-refractivity contribution in [3.05, 3.63) is 23.0 Å². The summed E-state index contributed by atoms with van der Waals surface area (Å²) in [4.78, 5) is 0. The van der Waals surface area contributed by atoms with E-state index in [2.05, 4.69) is 26.8 Å². The first-order chi connectivity index (χ1) is 11.8. The Kier molecular flexibility index (Phi) is 4.20. The number of fused-ring (bicyclic) bond motifs is 5. The topological polar surface area (TPSA) is 40.5 Å². The van der Waals surface area contributed by atoms with Crippen LogP contribution in [0.15, 0.2) is 23.0 Å². The van der Waals surface area contributed by atoms with Crippen LogP contribution in [0.3, 0.4) is 0 Å². The monoisotopic (exact) mass is 348 g/mol. The van der Waals surface area contributed by atoms with Gasteiger partial charge in [-0.05, 0) is 85.0 Å². The summed E-state index contributed by atoms with van der Waals surface area (Å²) in [6.07, 6.45) is 9.32. The zero-order chi connectivity index (χ0) is 18.0. The molecule has 0 radical (unpaired) electrons. The molecular formula is C22H33FO2. The summed E-state index contributed by atoms with van der Waals surface area (Å²) in [7, 11) is 0. The molecule has 0 aliphatic heterocycles. The number of halogens is 1. The van der Waals surface area contributed by atoms with Crippen LogP contribution in [0.1, 0.15) is 65.7 Å². The molecule has 3 heteroatoms. The van der Waals surface area contributed by atoms with Gasteiger partial charge < -0.3 is 10.2 Å². The molecule has 0 amide bonds. The van der Waals surface area contributed by atoms with Crippen molar-refractivity contribution in [1.82, 2.24) is 0 Å². The average Bonchev–Trinajstić information content (AvgIpc) is 2.93. The van der Waals surface area contributed by atoms with Crippen molar-refractivity contribution in [2.24, 2.45) is 34.5 Å². The molecule has 25 heavy (non-hydrogen) atoms. The van der Waals surface area contributed by atoms with E-state index >= 15 is 0 Å². The molecule has 0 aromatic heterocycles. The van der Waals surface area contributed by atoms with Gasteiger partial charge in [0.15, 0.2) is 0 Å². The van der Waals surface area contributed by atoms with Gasteiger partial charge >= 0.3 is 0 Å². The zero-order valence-electron chi connectivity index (χ0n) is 15.9. The van der Waals surface area contributed by atoms with Crippen molar-refractivity contribution in [3.63, 3.8) is 0 Å². The molecule has 140 valence electrons. The minimum Gasteiger partial charge on any atom is -0.393 e. The first kappa shape index (κ1) is 17.7. The van der Waals surface area contributed by atoms with E-state index in [0.717, 1.165) is 50.5 Å². The number of hydrogen-bond acceptors (Lipinski definition) is 2. The highest BCUT2D eigenvalue weighted by Crippen LogP contribution is 2.66. The highest BCUT2D eigenvalue weighted by Gasteiger charge is 2.58. The molecule has 4 aliphatic carbocycles. The smallest absolute Gasteiger partial charge is 0.125 e. The molecule has 4 aliphatic rings. The van der Waals surface area contributed by atoms with E-state index in [4.69, 9.17) is 0 Å². The largest absolute Gasteiger partial charge is 0.393 e. The Balaban J connectivity index is 1.68. The third-order valence-corrected chi connectivity index (χ3v) is 8.71. The van der Waals surface area contributed by atoms with E-state index < -0.39 is 6.61 Å². The Labute approximate surface area is 151 Å². The SMILES string of the molecule is C[C@@H]1CC2(C)C(=CCC3C2CCC2(C)/C(=C(/F)CO)CCC32)CC1O. The van der Waals surface area contributed by atoms with Crippen LogP contribution in [-0.2, 0) is 0 Å². The third kappa shape index (κ3) is 2.41. The summed E-state index contributed by atoms with van der Waals surface area (Å²) in [6, 6.07) is 0. The number of hydrogen-bond donors (Lipinski definition) is 2. The molecule has 3 fully saturated rings. The molecular weight excluding hydrogens is 315 g/mol. The van der Waals surface area contributed by atoms with E-state index in [1.807, 2.05) is 0 Å². The second-order valence-electron chi connectivity index (χ2n) is 9.75. The average molecular weight is 349 g/mol. The fourth-order valence-corrected chi connectivity index (χ4v) is 7.34. The summed E-state index contributed by atoms with van der Waals surface area (Å²) in [5, 5.41) is 19.6. The van der Waals surface area contributed by atoms with Gasteiger partial charge in [0.2, 0.25) is 0 Å². The van der Waals surface area contributed by atoms with Gasteiger partial charge in [0.1, 0.15) is 5.83 Å². The van der Waals surface area contributed by atoms with E-state index in [1.54, 1.807) is 0 Å². The van der Waals surface area contributed by atoms with Crippen LogP contribution in [0.4, 0.5) is 4.39 Å². The van der Waals surface area contributed by atoms with Gasteiger partial charge in [0, 0.05) is 0 Å². The molecule has 0 heterocycles. The quantitative estimate of drug-likeness (QED) is 0.670. The second kappa shape index (κ2) is 5.92. The molecule has 4 rings (SSSR count). The highest BCUT2D eigenvalue weighted by molar-refractivity contribution is 5.30. The highest BCUT2D eigenvalue weighted by atomic mass is 19.1. The Bertz CT molecular complexity index is 624. The van der Waals surface area contributed by atoms with Gasteiger partial charge in [-0.25, -0.2) is 4.39 Å². The lowest BCUT2D eigenvalue weighted by Gasteiger charge is -2.58. The van der Waals surface area contributed by atoms with E-state index in [-0.39, 0.29) is 22.8 Å². The predicted molar refractivity (Wildman–Crippen MR) is 97.5 cm³/mol. The van der Waals surface area contributed by atoms with Crippen LogP contribution < -0.4 is 0 Å². The van der Waals surface area contributed by atoms with Gasteiger partial charge in [-0.2, -0.15) is 0 Å². The zero-order valence-corrected chi connectivity index (χ0v) is 15.9. The molecule has 0 aromatic carbocycles. The van der Waals surface area contributed by atoms with Crippen LogP contribution >= 0.6 is 0 Å². The number of aliphatic hydroxyl groups is 2. The standard InChI is InChI=1S/C22H33FO2/c1-13-11-22(3)14(10-20(13)25)4-5-15-16-6-7-18(19(23)12-24)21(16,2)9-8-17(15)22/h4,13,15-17,20,24-25H,5-12H2,1-3H3/b19-18+/t13-,15?,16?,17?,20?,21?,22?/m1/s1. The lowest BCUT2D eigenvalue weighted by molar-refractivity contribution is -0.0431. The molecule has 0 spiro atoms. The summed E-state index contributed by atoms with van der Waals surface area (Å²) >= 11 is 0. The number of rotatable bonds is 1. The van der Waals surface area contributed by atoms with Gasteiger partial charge in [0.05, 0.1) is 12.7 Å².